The van der Waals surface area contributed by atoms with Gasteiger partial charge in [0.15, 0.2) is 0 Å². The smallest absolute Gasteiger partial charge is 0.323 e. The number of anilines is 2. The van der Waals surface area contributed by atoms with Crippen LogP contribution in [0.1, 0.15) is 29.5 Å². The van der Waals surface area contributed by atoms with E-state index in [0.29, 0.717) is 29.1 Å². The molecule has 2 aliphatic heterocycles. The monoisotopic (exact) mass is 498 g/mol. The zero-order valence-electron chi connectivity index (χ0n) is 20.3. The molecule has 9 heteroatoms. The quantitative estimate of drug-likeness (QED) is 0.211. The number of fused-ring (bicyclic) bond motifs is 1. The van der Waals surface area contributed by atoms with Crippen molar-refractivity contribution >= 4 is 40.2 Å². The van der Waals surface area contributed by atoms with Crippen molar-refractivity contribution in [2.45, 2.75) is 25.4 Å². The summed E-state index contributed by atoms with van der Waals surface area (Å²) in [5, 5.41) is 17.6. The molecule has 37 heavy (non-hydrogen) atoms. The Morgan fingerprint density at radius 3 is 2.59 bits per heavy atom. The second-order valence-electron chi connectivity index (χ2n) is 9.03. The van der Waals surface area contributed by atoms with Gasteiger partial charge in [0.25, 0.3) is 11.6 Å². The SMILES string of the molecule is COC(=O)C1CCCN1Cc1ccc(N/C(=C2\C(=O)Nc3ccc([N+](=O)[O-])cc32)c2ccccc2)cc1. The van der Waals surface area contributed by atoms with Gasteiger partial charge in [-0.3, -0.25) is 24.6 Å². The fourth-order valence-electron chi connectivity index (χ4n) is 4.89. The van der Waals surface area contributed by atoms with Crippen LogP contribution in [0.2, 0.25) is 0 Å². The minimum atomic E-state index is -0.472. The highest BCUT2D eigenvalue weighted by molar-refractivity contribution is 6.37. The number of nitrogens with zero attached hydrogens (tertiary/aromatic N) is 2. The second-order valence-corrected chi connectivity index (χ2v) is 9.03. The summed E-state index contributed by atoms with van der Waals surface area (Å²) in [5.41, 5.74) is 4.39. The molecule has 0 bridgehead atoms. The maximum absolute atomic E-state index is 13.1. The van der Waals surface area contributed by atoms with E-state index in [-0.39, 0.29) is 23.6 Å². The fraction of sp³-hybridized carbons (Fsp3) is 0.214. The highest BCUT2D eigenvalue weighted by Crippen LogP contribution is 2.39. The van der Waals surface area contributed by atoms with Gasteiger partial charge >= 0.3 is 5.97 Å². The number of likely N-dealkylation sites (tertiary alicyclic amines) is 1. The highest BCUT2D eigenvalue weighted by Gasteiger charge is 2.32. The summed E-state index contributed by atoms with van der Waals surface area (Å²) in [4.78, 5) is 38.2. The van der Waals surface area contributed by atoms with E-state index < -0.39 is 4.92 Å². The molecule has 3 aromatic rings. The van der Waals surface area contributed by atoms with Crippen LogP contribution >= 0.6 is 0 Å². The van der Waals surface area contributed by atoms with Crippen molar-refractivity contribution in [2.24, 2.45) is 0 Å². The fourth-order valence-corrected chi connectivity index (χ4v) is 4.89. The molecule has 0 aliphatic carbocycles. The molecule has 3 aromatic carbocycles. The van der Waals surface area contributed by atoms with Gasteiger partial charge in [-0.2, -0.15) is 0 Å². The molecule has 1 amide bonds. The lowest BCUT2D eigenvalue weighted by Crippen LogP contribution is -2.36. The first-order valence-electron chi connectivity index (χ1n) is 12.0. The van der Waals surface area contributed by atoms with E-state index in [2.05, 4.69) is 15.5 Å². The maximum Gasteiger partial charge on any atom is 0.323 e. The Bertz CT molecular complexity index is 1390. The standard InChI is InChI=1S/C28H26N4O5/c1-37-28(34)24-8-5-15-31(24)17-18-9-11-20(12-10-18)29-26(19-6-3-2-4-7-19)25-22-16-21(32(35)36)13-14-23(22)30-27(25)33/h2-4,6-7,9-14,16,24,29H,5,8,15,17H2,1H3,(H,30,33)/b26-25-. The lowest BCUT2D eigenvalue weighted by molar-refractivity contribution is -0.384. The average Bonchev–Trinajstić information content (AvgIpc) is 3.51. The number of rotatable bonds is 7. The minimum absolute atomic E-state index is 0.0864. The number of carbonyl (C=O) groups is 2. The lowest BCUT2D eigenvalue weighted by Gasteiger charge is -2.22. The third-order valence-corrected chi connectivity index (χ3v) is 6.72. The van der Waals surface area contributed by atoms with E-state index in [1.807, 2.05) is 54.6 Å². The van der Waals surface area contributed by atoms with Gasteiger partial charge in [-0.1, -0.05) is 42.5 Å². The largest absolute Gasteiger partial charge is 0.468 e. The molecule has 0 aromatic heterocycles. The molecular weight excluding hydrogens is 472 g/mol. The van der Waals surface area contributed by atoms with Gasteiger partial charge in [-0.15, -0.1) is 0 Å². The Labute approximate surface area is 213 Å². The van der Waals surface area contributed by atoms with E-state index in [1.165, 1.54) is 19.2 Å². The number of nitro groups is 1. The molecule has 0 spiro atoms. The van der Waals surface area contributed by atoms with Gasteiger partial charge in [0.2, 0.25) is 0 Å². The summed E-state index contributed by atoms with van der Waals surface area (Å²) < 4.78 is 4.94. The second kappa shape index (κ2) is 10.2. The highest BCUT2D eigenvalue weighted by atomic mass is 16.6. The lowest BCUT2D eigenvalue weighted by atomic mass is 9.99. The molecular formula is C28H26N4O5. The molecule has 9 nitrogen and oxygen atoms in total. The third-order valence-electron chi connectivity index (χ3n) is 6.72. The van der Waals surface area contributed by atoms with E-state index in [1.54, 1.807) is 6.07 Å². The van der Waals surface area contributed by atoms with Crippen molar-refractivity contribution in [3.8, 4) is 0 Å². The number of hydrogen-bond donors (Lipinski definition) is 2. The average molecular weight is 499 g/mol. The molecule has 2 aliphatic rings. The number of hydrogen-bond acceptors (Lipinski definition) is 7. The number of benzene rings is 3. The predicted molar refractivity (Wildman–Crippen MR) is 140 cm³/mol. The first kappa shape index (κ1) is 24.2. The molecule has 1 saturated heterocycles. The minimum Gasteiger partial charge on any atom is -0.468 e. The summed E-state index contributed by atoms with van der Waals surface area (Å²) in [6.07, 6.45) is 1.75. The van der Waals surface area contributed by atoms with Gasteiger partial charge in [-0.25, -0.2) is 0 Å². The van der Waals surface area contributed by atoms with Gasteiger partial charge in [0.05, 0.1) is 23.3 Å². The number of non-ortho nitro benzene ring substituents is 1. The van der Waals surface area contributed by atoms with Crippen LogP contribution in [0.25, 0.3) is 11.3 Å². The normalized spacial score (nSPS) is 18.2. The van der Waals surface area contributed by atoms with E-state index in [4.69, 9.17) is 4.74 Å². The maximum atomic E-state index is 13.1. The van der Waals surface area contributed by atoms with Crippen molar-refractivity contribution in [1.29, 1.82) is 0 Å². The summed E-state index contributed by atoms with van der Waals surface area (Å²) in [6, 6.07) is 21.3. The van der Waals surface area contributed by atoms with Crippen molar-refractivity contribution in [1.82, 2.24) is 4.90 Å². The summed E-state index contributed by atoms with van der Waals surface area (Å²) in [5.74, 6) is -0.536. The molecule has 1 unspecified atom stereocenters. The van der Waals surface area contributed by atoms with Crippen LogP contribution in [0.15, 0.2) is 72.8 Å². The van der Waals surface area contributed by atoms with E-state index in [9.17, 15) is 19.7 Å². The van der Waals surface area contributed by atoms with Gasteiger partial charge in [-0.05, 0) is 48.7 Å². The first-order valence-corrected chi connectivity index (χ1v) is 12.0. The zero-order valence-corrected chi connectivity index (χ0v) is 20.3. The van der Waals surface area contributed by atoms with Crippen molar-refractivity contribution < 1.29 is 19.2 Å². The third kappa shape index (κ3) is 4.94. The number of nitro benzene ring substituents is 1. The zero-order chi connectivity index (χ0) is 25.9. The van der Waals surface area contributed by atoms with Crippen LogP contribution < -0.4 is 10.6 Å². The number of amides is 1. The molecule has 1 fully saturated rings. The Morgan fingerprint density at radius 1 is 1.14 bits per heavy atom. The van der Waals surface area contributed by atoms with Crippen LogP contribution in [-0.2, 0) is 20.9 Å². The molecule has 188 valence electrons. The van der Waals surface area contributed by atoms with Crippen LogP contribution in [-0.4, -0.2) is 41.4 Å². The summed E-state index contributed by atoms with van der Waals surface area (Å²) in [6.45, 7) is 1.47. The van der Waals surface area contributed by atoms with Crippen LogP contribution in [0.4, 0.5) is 17.1 Å². The Kier molecular flexibility index (Phi) is 6.70. The summed E-state index contributed by atoms with van der Waals surface area (Å²) in [7, 11) is 1.42. The Morgan fingerprint density at radius 2 is 1.89 bits per heavy atom. The number of methoxy groups -OCH3 is 1. The van der Waals surface area contributed by atoms with Crippen molar-refractivity contribution in [3.63, 3.8) is 0 Å². The van der Waals surface area contributed by atoms with Crippen molar-refractivity contribution in [2.75, 3.05) is 24.3 Å². The molecule has 0 saturated carbocycles. The summed E-state index contributed by atoms with van der Waals surface area (Å²) >= 11 is 0. The molecule has 5 rings (SSSR count). The number of carbonyl (C=O) groups excluding carboxylic acids is 2. The van der Waals surface area contributed by atoms with Crippen LogP contribution in [0.5, 0.6) is 0 Å². The van der Waals surface area contributed by atoms with E-state index in [0.717, 1.165) is 36.2 Å². The van der Waals surface area contributed by atoms with Gasteiger partial charge in [0.1, 0.15) is 6.04 Å². The molecule has 0 radical (unpaired) electrons. The van der Waals surface area contributed by atoms with Crippen molar-refractivity contribution in [3.05, 3.63) is 99.6 Å². The molecule has 2 heterocycles. The molecule has 2 N–H and O–H groups in total. The predicted octanol–water partition coefficient (Wildman–Crippen LogP) is 4.66. The number of esters is 1. The van der Waals surface area contributed by atoms with Gasteiger partial charge < -0.3 is 15.4 Å². The van der Waals surface area contributed by atoms with E-state index >= 15 is 0 Å². The topological polar surface area (TPSA) is 114 Å². The Hall–Kier alpha value is -4.50. The number of ether oxygens (including phenoxy) is 1. The van der Waals surface area contributed by atoms with Crippen LogP contribution in [0.3, 0.4) is 0 Å². The Balaban J connectivity index is 1.46. The first-order chi connectivity index (χ1) is 17.9. The van der Waals surface area contributed by atoms with Crippen LogP contribution in [0, 0.1) is 10.1 Å². The van der Waals surface area contributed by atoms with Gasteiger partial charge in [0, 0.05) is 35.6 Å². The molecule has 1 atom stereocenters. The number of nitrogens with one attached hydrogen (secondary N) is 2.